The molecule has 4 atom stereocenters. The largest absolute Gasteiger partial charge is 0.492 e. The Bertz CT molecular complexity index is 2860. The highest BCUT2D eigenvalue weighted by atomic mass is 35.5. The van der Waals surface area contributed by atoms with Gasteiger partial charge in [0.25, 0.3) is 23.6 Å². The van der Waals surface area contributed by atoms with Crippen LogP contribution in [0.25, 0.3) is 0 Å². The van der Waals surface area contributed by atoms with Gasteiger partial charge in [0.15, 0.2) is 11.6 Å². The Hall–Kier alpha value is -6.43. The smallest absolute Gasteiger partial charge is 0.258 e. The Morgan fingerprint density at radius 2 is 1.03 bits per heavy atom. The van der Waals surface area contributed by atoms with Crippen molar-refractivity contribution in [1.29, 1.82) is 0 Å². The molecule has 366 valence electrons. The average Bonchev–Trinajstić information content (AvgIpc) is 3.31. The average molecular weight is 1050 g/mol. The van der Waals surface area contributed by atoms with Crippen molar-refractivity contribution in [2.24, 2.45) is 20.5 Å². The van der Waals surface area contributed by atoms with E-state index in [4.69, 9.17) is 67.5 Å². The minimum Gasteiger partial charge on any atom is -0.492 e. The van der Waals surface area contributed by atoms with Crippen molar-refractivity contribution in [2.75, 3.05) is 34.5 Å². The second-order valence-electron chi connectivity index (χ2n) is 15.2. The molecule has 0 aliphatic heterocycles. The maximum absolute atomic E-state index is 13.5. The number of hydrogen-bond acceptors (Lipinski definition) is 12. The number of rotatable bonds is 21. The van der Waals surface area contributed by atoms with Crippen LogP contribution in [0.3, 0.4) is 0 Å². The molecule has 21 heteroatoms. The first-order chi connectivity index (χ1) is 33.4. The van der Waals surface area contributed by atoms with E-state index >= 15 is 0 Å². The number of carbonyl (C=O) groups is 6. The monoisotopic (exact) mass is 1050 g/mol. The van der Waals surface area contributed by atoms with Crippen LogP contribution in [0, 0.1) is 0 Å². The molecule has 5 rings (SSSR count). The van der Waals surface area contributed by atoms with E-state index in [1.165, 1.54) is 54.6 Å². The third-order valence-electron chi connectivity index (χ3n) is 10.1. The topological polar surface area (TPSA) is 218 Å². The van der Waals surface area contributed by atoms with Crippen molar-refractivity contribution in [3.63, 3.8) is 0 Å². The summed E-state index contributed by atoms with van der Waals surface area (Å²) in [6, 6.07) is 19.9. The minimum atomic E-state index is -1.63. The molecule has 0 spiro atoms. The molecule has 0 saturated heterocycles. The van der Waals surface area contributed by atoms with Gasteiger partial charge in [-0.1, -0.05) is 47.5 Å². The van der Waals surface area contributed by atoms with E-state index in [1.807, 2.05) is 0 Å². The predicted molar refractivity (Wildman–Crippen MR) is 274 cm³/mol. The van der Waals surface area contributed by atoms with Gasteiger partial charge in [0.1, 0.15) is 11.5 Å². The quantitative estimate of drug-likeness (QED) is 0.0314. The summed E-state index contributed by atoms with van der Waals surface area (Å²) >= 11 is 31.9. The van der Waals surface area contributed by atoms with E-state index in [9.17, 15) is 28.8 Å². The highest BCUT2D eigenvalue weighted by Gasteiger charge is 2.27. The highest BCUT2D eigenvalue weighted by molar-refractivity contribution is 6.35. The van der Waals surface area contributed by atoms with Crippen LogP contribution in [0.1, 0.15) is 89.7 Å². The summed E-state index contributed by atoms with van der Waals surface area (Å²) < 4.78 is 11.4. The zero-order valence-corrected chi connectivity index (χ0v) is 42.3. The standard InChI is InChI=1S/C49H47Cl5N8O8/c1-7-69-40-13-9-11-33(25(3)51)44(40)57-46(65)35-22-31(15-18-37(35)53)59-61-42(27(5)63)48(67)55-30-17-20-39(29(21-30)24-50)56-49(68)43(28(6)64)62-60-32-16-19-38(54)36(23-32)47(66)58-45-34(26(4)52)12-10-14-41(45)70-8-2/h9-23,25-26,42-43H,7-8,24H2,1-6H3,(H,55,67)(H,56,68)(H,57,65)(H,58,66). The maximum Gasteiger partial charge on any atom is 0.258 e. The van der Waals surface area contributed by atoms with E-state index in [-0.39, 0.29) is 49.8 Å². The molecule has 0 saturated carbocycles. The van der Waals surface area contributed by atoms with Crippen LogP contribution in [0.15, 0.2) is 111 Å². The van der Waals surface area contributed by atoms with Crippen LogP contribution in [0.4, 0.5) is 34.1 Å². The Morgan fingerprint density at radius 1 is 0.586 bits per heavy atom. The zero-order chi connectivity index (χ0) is 51.2. The summed E-state index contributed by atoms with van der Waals surface area (Å²) in [5.41, 5.74) is 2.94. The number of amides is 4. The zero-order valence-electron chi connectivity index (χ0n) is 38.5. The fourth-order valence-corrected chi connectivity index (χ4v) is 7.63. The summed E-state index contributed by atoms with van der Waals surface area (Å²) in [4.78, 5) is 79.4. The number of hydrogen-bond donors (Lipinski definition) is 4. The molecule has 0 bridgehead atoms. The van der Waals surface area contributed by atoms with Crippen LogP contribution in [0.5, 0.6) is 11.5 Å². The van der Waals surface area contributed by atoms with Gasteiger partial charge in [0.05, 0.1) is 67.9 Å². The molecular weight excluding hydrogens is 1010 g/mol. The molecule has 4 unspecified atom stereocenters. The van der Waals surface area contributed by atoms with Crippen molar-refractivity contribution >= 4 is 127 Å². The third kappa shape index (κ3) is 14.1. The Kier molecular flexibility index (Phi) is 19.8. The van der Waals surface area contributed by atoms with Crippen molar-refractivity contribution in [3.8, 4) is 11.5 Å². The maximum atomic E-state index is 13.5. The first-order valence-corrected chi connectivity index (χ1v) is 23.7. The van der Waals surface area contributed by atoms with Crippen LogP contribution >= 0.6 is 58.0 Å². The van der Waals surface area contributed by atoms with Gasteiger partial charge >= 0.3 is 0 Å². The normalized spacial score (nSPS) is 13.0. The number of alkyl halides is 3. The van der Waals surface area contributed by atoms with E-state index in [0.717, 1.165) is 13.8 Å². The predicted octanol–water partition coefficient (Wildman–Crippen LogP) is 13.0. The molecule has 0 aliphatic rings. The van der Waals surface area contributed by atoms with Gasteiger partial charge in [-0.15, -0.1) is 34.8 Å². The van der Waals surface area contributed by atoms with Gasteiger partial charge in [-0.2, -0.15) is 20.5 Å². The number of benzene rings is 5. The number of halogens is 5. The second kappa shape index (κ2) is 25.4. The van der Waals surface area contributed by atoms with Crippen molar-refractivity contribution in [1.82, 2.24) is 0 Å². The minimum absolute atomic E-state index is 0.0211. The Balaban J connectivity index is 1.28. The fourth-order valence-electron chi connectivity index (χ4n) is 6.64. The van der Waals surface area contributed by atoms with Crippen molar-refractivity contribution < 1.29 is 38.2 Å². The van der Waals surface area contributed by atoms with Gasteiger partial charge < -0.3 is 30.7 Å². The lowest BCUT2D eigenvalue weighted by atomic mass is 10.1. The highest BCUT2D eigenvalue weighted by Crippen LogP contribution is 2.38. The van der Waals surface area contributed by atoms with E-state index in [1.54, 1.807) is 64.1 Å². The van der Waals surface area contributed by atoms with Gasteiger partial charge in [-0.3, -0.25) is 28.8 Å². The number of anilines is 4. The Labute approximate surface area is 428 Å². The summed E-state index contributed by atoms with van der Waals surface area (Å²) in [5.74, 6) is -3.54. The lowest BCUT2D eigenvalue weighted by Gasteiger charge is -2.17. The summed E-state index contributed by atoms with van der Waals surface area (Å²) in [7, 11) is 0. The summed E-state index contributed by atoms with van der Waals surface area (Å²) in [5, 5.41) is 26.3. The summed E-state index contributed by atoms with van der Waals surface area (Å²) in [6.07, 6.45) is 0. The lowest BCUT2D eigenvalue weighted by Crippen LogP contribution is -2.32. The molecule has 0 heterocycles. The van der Waals surface area contributed by atoms with E-state index in [0.29, 0.717) is 52.8 Å². The Morgan fingerprint density at radius 3 is 1.43 bits per heavy atom. The molecule has 0 fully saturated rings. The van der Waals surface area contributed by atoms with Crippen LogP contribution < -0.4 is 30.7 Å². The number of ketones is 2. The molecule has 0 radical (unpaired) electrons. The van der Waals surface area contributed by atoms with E-state index < -0.39 is 58.0 Å². The molecular formula is C49H47Cl5N8O8. The molecule has 4 amide bonds. The first kappa shape index (κ1) is 54.5. The molecule has 5 aromatic rings. The number of carbonyl (C=O) groups excluding carboxylic acids is 6. The lowest BCUT2D eigenvalue weighted by molar-refractivity contribution is -0.127. The van der Waals surface area contributed by atoms with Crippen molar-refractivity contribution in [2.45, 2.75) is 70.3 Å². The molecule has 5 aromatic carbocycles. The number of azo groups is 2. The molecule has 0 aromatic heterocycles. The van der Waals surface area contributed by atoms with Crippen LogP contribution in [-0.4, -0.2) is 60.5 Å². The first-order valence-electron chi connectivity index (χ1n) is 21.5. The molecule has 4 N–H and O–H groups in total. The number of Topliss-reactive ketones (excluding diaryl/α,β-unsaturated/α-hetero) is 2. The van der Waals surface area contributed by atoms with Crippen LogP contribution in [-0.2, 0) is 25.1 Å². The SMILES string of the molecule is CCOc1cccc(C(C)Cl)c1NC(=O)c1cc(N=NC(C(C)=O)C(=O)Nc2ccc(NC(=O)C(N=Nc3ccc(Cl)c(C(=O)Nc4c(OCC)cccc4C(C)Cl)c3)C(C)=O)c(CCl)c2)ccc1Cl. The number of para-hydroxylation sites is 2. The van der Waals surface area contributed by atoms with Gasteiger partial charge in [-0.05, 0) is 125 Å². The van der Waals surface area contributed by atoms with E-state index in [2.05, 4.69) is 41.7 Å². The van der Waals surface area contributed by atoms with Gasteiger partial charge in [0, 0.05) is 17.3 Å². The number of ether oxygens (including phenoxy) is 2. The van der Waals surface area contributed by atoms with Crippen molar-refractivity contribution in [3.05, 3.63) is 129 Å². The van der Waals surface area contributed by atoms with Gasteiger partial charge in [0.2, 0.25) is 12.1 Å². The third-order valence-corrected chi connectivity index (χ3v) is 11.5. The van der Waals surface area contributed by atoms with Crippen LogP contribution in [0.2, 0.25) is 10.0 Å². The number of nitrogens with one attached hydrogen (secondary N) is 4. The molecule has 70 heavy (non-hydrogen) atoms. The van der Waals surface area contributed by atoms with Gasteiger partial charge in [-0.25, -0.2) is 0 Å². The molecule has 0 aliphatic carbocycles. The number of nitrogens with zero attached hydrogens (tertiary/aromatic N) is 4. The second-order valence-corrected chi connectivity index (χ2v) is 17.6. The summed E-state index contributed by atoms with van der Waals surface area (Å²) in [6.45, 7) is 10.1. The molecule has 16 nitrogen and oxygen atoms in total. The fraction of sp³-hybridized carbons (Fsp3) is 0.265.